The number of Topliss-reactive ketones (excluding diaryl/α,β-unsaturated/α-hetero) is 1. The van der Waals surface area contributed by atoms with Gasteiger partial charge in [-0.15, -0.1) is 0 Å². The highest BCUT2D eigenvalue weighted by Crippen LogP contribution is 2.13. The van der Waals surface area contributed by atoms with Crippen LogP contribution in [-0.4, -0.2) is 34.5 Å². The molecular weight excluding hydrogens is 228 g/mol. The fraction of sp³-hybridized carbons (Fsp3) is 0.833. The van der Waals surface area contributed by atoms with Crippen molar-refractivity contribution in [3.05, 3.63) is 0 Å². The van der Waals surface area contributed by atoms with E-state index < -0.39 is 16.5 Å². The molecule has 1 saturated carbocycles. The van der Waals surface area contributed by atoms with Gasteiger partial charge in [-0.2, -0.15) is 8.42 Å². The molecule has 1 atom stereocenters. The van der Waals surface area contributed by atoms with E-state index in [9.17, 15) is 4.79 Å². The molecule has 9 heteroatoms. The second-order valence-corrected chi connectivity index (χ2v) is 3.57. The molecule has 94 valence electrons. The number of carbonyl (C=O) groups is 1. The van der Waals surface area contributed by atoms with Crippen molar-refractivity contribution in [1.29, 1.82) is 0 Å². The first-order valence-electron chi connectivity index (χ1n) is 3.71. The molecule has 0 saturated heterocycles. The molecule has 0 aliphatic heterocycles. The first-order chi connectivity index (χ1) is 5.80. The van der Waals surface area contributed by atoms with Crippen LogP contribution >= 0.6 is 0 Å². The van der Waals surface area contributed by atoms with Gasteiger partial charge in [0, 0.05) is 6.42 Å². The van der Waals surface area contributed by atoms with Gasteiger partial charge in [-0.25, -0.2) is 0 Å². The van der Waals surface area contributed by atoms with Gasteiger partial charge in [0.15, 0.2) is 5.78 Å². The summed E-state index contributed by atoms with van der Waals surface area (Å²) < 4.78 is 31.6. The molecule has 0 spiro atoms. The Morgan fingerprint density at radius 1 is 1.13 bits per heavy atom. The molecule has 1 rings (SSSR count). The lowest BCUT2D eigenvalue weighted by Crippen LogP contribution is -2.23. The first-order valence-corrected chi connectivity index (χ1v) is 5.11. The summed E-state index contributed by atoms with van der Waals surface area (Å²) in [7, 11) is -4.67. The van der Waals surface area contributed by atoms with Gasteiger partial charge in [0.1, 0.15) is 6.10 Å². The lowest BCUT2D eigenvalue weighted by molar-refractivity contribution is -0.129. The zero-order chi connectivity index (χ0) is 10.5. The zero-order valence-electron chi connectivity index (χ0n) is 8.29. The minimum Gasteiger partial charge on any atom is -0.385 e. The average Bonchev–Trinajstić information content (AvgIpc) is 1.92. The van der Waals surface area contributed by atoms with Gasteiger partial charge < -0.3 is 17.4 Å². The van der Waals surface area contributed by atoms with Crippen LogP contribution in [-0.2, 0) is 15.2 Å². The van der Waals surface area contributed by atoms with Gasteiger partial charge in [0.05, 0.1) is 0 Å². The number of aliphatic hydroxyl groups is 1. The highest BCUT2D eigenvalue weighted by Gasteiger charge is 2.18. The third-order valence-electron chi connectivity index (χ3n) is 1.52. The van der Waals surface area contributed by atoms with Gasteiger partial charge >= 0.3 is 10.4 Å². The monoisotopic (exact) mass is 246 g/mol. The molecule has 9 N–H and O–H groups in total. The lowest BCUT2D eigenvalue weighted by atomic mass is 9.97. The maximum absolute atomic E-state index is 10.5. The van der Waals surface area contributed by atoms with Crippen molar-refractivity contribution in [2.45, 2.75) is 31.8 Å². The summed E-state index contributed by atoms with van der Waals surface area (Å²) >= 11 is 0. The van der Waals surface area contributed by atoms with E-state index in [1.807, 2.05) is 0 Å². The van der Waals surface area contributed by atoms with Crippen molar-refractivity contribution in [3.63, 3.8) is 0 Å². The topological polar surface area (TPSA) is 182 Å². The minimum atomic E-state index is -4.67. The average molecular weight is 246 g/mol. The molecule has 1 fully saturated rings. The molecule has 0 aromatic heterocycles. The number of hydrogen-bond donors (Lipinski definition) is 5. The fourth-order valence-electron chi connectivity index (χ4n) is 0.965. The number of rotatable bonds is 0. The van der Waals surface area contributed by atoms with Crippen LogP contribution in [0, 0.1) is 0 Å². The Labute approximate surface area is 88.4 Å². The molecule has 8 nitrogen and oxygen atoms in total. The van der Waals surface area contributed by atoms with Gasteiger partial charge in [-0.3, -0.25) is 13.9 Å². The summed E-state index contributed by atoms with van der Waals surface area (Å²) in [6, 6.07) is 0. The van der Waals surface area contributed by atoms with Gasteiger partial charge in [0.25, 0.3) is 0 Å². The van der Waals surface area contributed by atoms with E-state index in [-0.39, 0.29) is 18.1 Å². The molecule has 0 heterocycles. The summed E-state index contributed by atoms with van der Waals surface area (Å²) in [6.45, 7) is 0. The van der Waals surface area contributed by atoms with E-state index in [0.717, 1.165) is 12.8 Å². The van der Waals surface area contributed by atoms with Crippen LogP contribution in [0.4, 0.5) is 0 Å². The molecule has 0 radical (unpaired) electrons. The molecule has 0 bridgehead atoms. The van der Waals surface area contributed by atoms with Crippen molar-refractivity contribution < 1.29 is 27.4 Å². The number of hydrogen-bond acceptors (Lipinski definition) is 6. The van der Waals surface area contributed by atoms with E-state index in [4.69, 9.17) is 22.6 Å². The van der Waals surface area contributed by atoms with Crippen LogP contribution in [0.3, 0.4) is 0 Å². The molecule has 15 heavy (non-hydrogen) atoms. The number of ketones is 1. The molecule has 1 unspecified atom stereocenters. The SMILES string of the molecule is N.N.O=C1CCCCC1O.O=S(=O)(O)O. The van der Waals surface area contributed by atoms with Gasteiger partial charge in [-0.05, 0) is 19.3 Å². The Bertz CT molecular complexity index is 257. The first kappa shape index (κ1) is 19.9. The lowest BCUT2D eigenvalue weighted by Gasteiger charge is -2.13. The number of aliphatic hydroxyl groups excluding tert-OH is 1. The largest absolute Gasteiger partial charge is 0.394 e. The third kappa shape index (κ3) is 16.1. The highest BCUT2D eigenvalue weighted by molar-refractivity contribution is 7.79. The van der Waals surface area contributed by atoms with Crippen LogP contribution in [0.5, 0.6) is 0 Å². The minimum absolute atomic E-state index is 0. The second-order valence-electron chi connectivity index (χ2n) is 2.68. The summed E-state index contributed by atoms with van der Waals surface area (Å²) in [6.07, 6.45) is 2.60. The van der Waals surface area contributed by atoms with Crippen molar-refractivity contribution in [2.24, 2.45) is 0 Å². The van der Waals surface area contributed by atoms with Crippen molar-refractivity contribution in [3.8, 4) is 0 Å². The molecule has 1 aliphatic rings. The highest BCUT2D eigenvalue weighted by atomic mass is 32.3. The molecule has 1 aliphatic carbocycles. The quantitative estimate of drug-likeness (QED) is 0.374. The summed E-state index contributed by atoms with van der Waals surface area (Å²) in [5, 5.41) is 8.83. The molecular formula is C6H18N2O6S. The normalized spacial score (nSPS) is 20.2. The van der Waals surface area contributed by atoms with Crippen LogP contribution in [0.25, 0.3) is 0 Å². The zero-order valence-corrected chi connectivity index (χ0v) is 9.11. The fourth-order valence-corrected chi connectivity index (χ4v) is 0.965. The van der Waals surface area contributed by atoms with Crippen LogP contribution in [0.1, 0.15) is 25.7 Å². The smallest absolute Gasteiger partial charge is 0.385 e. The second kappa shape index (κ2) is 8.71. The van der Waals surface area contributed by atoms with Gasteiger partial charge in [0.2, 0.25) is 0 Å². The third-order valence-corrected chi connectivity index (χ3v) is 1.52. The molecule has 0 aromatic rings. The van der Waals surface area contributed by atoms with E-state index in [0.29, 0.717) is 12.8 Å². The van der Waals surface area contributed by atoms with Crippen molar-refractivity contribution in [1.82, 2.24) is 12.3 Å². The Morgan fingerprint density at radius 3 is 1.73 bits per heavy atom. The van der Waals surface area contributed by atoms with Crippen molar-refractivity contribution >= 4 is 16.2 Å². The van der Waals surface area contributed by atoms with E-state index in [1.165, 1.54) is 0 Å². The Hall–Kier alpha value is -0.580. The van der Waals surface area contributed by atoms with Crippen LogP contribution in [0.15, 0.2) is 0 Å². The van der Waals surface area contributed by atoms with E-state index in [1.54, 1.807) is 0 Å². The Kier molecular flexibility index (Phi) is 11.6. The summed E-state index contributed by atoms with van der Waals surface area (Å²) in [5.74, 6) is 0.0243. The predicted molar refractivity (Wildman–Crippen MR) is 53.7 cm³/mol. The van der Waals surface area contributed by atoms with Crippen LogP contribution < -0.4 is 12.3 Å². The maximum Gasteiger partial charge on any atom is 0.394 e. The Morgan fingerprint density at radius 2 is 1.53 bits per heavy atom. The van der Waals surface area contributed by atoms with Crippen molar-refractivity contribution in [2.75, 3.05) is 0 Å². The Balaban J connectivity index is -0.000000185. The van der Waals surface area contributed by atoms with E-state index >= 15 is 0 Å². The molecule has 0 aromatic carbocycles. The standard InChI is InChI=1S/C6H10O2.2H3N.H2O4S/c7-5-3-1-2-4-6(5)8;;;1-5(2,3)4/h5,7H,1-4H2;2*1H3;(H2,1,2,3,4). The van der Waals surface area contributed by atoms with E-state index in [2.05, 4.69) is 0 Å². The molecule has 0 amide bonds. The summed E-state index contributed by atoms with van der Waals surface area (Å²) in [4.78, 5) is 10.5. The van der Waals surface area contributed by atoms with Crippen LogP contribution in [0.2, 0.25) is 0 Å². The maximum atomic E-state index is 10.5. The summed E-state index contributed by atoms with van der Waals surface area (Å²) in [5.41, 5.74) is 0. The van der Waals surface area contributed by atoms with Gasteiger partial charge in [-0.1, -0.05) is 0 Å². The predicted octanol–water partition coefficient (Wildman–Crippen LogP) is 0.162. The number of carbonyl (C=O) groups excluding carboxylic acids is 1.